The first-order valence-corrected chi connectivity index (χ1v) is 9.19. The lowest BCUT2D eigenvalue weighted by Crippen LogP contribution is -2.41. The maximum atomic E-state index is 3.87. The smallest absolute Gasteiger partial charge is 0.00955 e. The quantitative estimate of drug-likeness (QED) is 0.468. The van der Waals surface area contributed by atoms with Gasteiger partial charge in [-0.3, -0.25) is 0 Å². The van der Waals surface area contributed by atoms with E-state index in [1.165, 1.54) is 77.2 Å². The van der Waals surface area contributed by atoms with Crippen molar-refractivity contribution in [1.29, 1.82) is 0 Å². The number of nitrogens with one attached hydrogen (secondary N) is 1. The molecule has 0 aromatic rings. The first-order valence-electron chi connectivity index (χ1n) is 9.19. The van der Waals surface area contributed by atoms with Crippen LogP contribution < -0.4 is 5.32 Å². The van der Waals surface area contributed by atoms with Crippen molar-refractivity contribution in [3.8, 4) is 0 Å². The molecule has 0 saturated heterocycles. The largest absolute Gasteiger partial charge is 0.314 e. The van der Waals surface area contributed by atoms with Crippen LogP contribution in [0, 0.1) is 17.8 Å². The van der Waals surface area contributed by atoms with Gasteiger partial charge in [0.25, 0.3) is 0 Å². The van der Waals surface area contributed by atoms with Crippen molar-refractivity contribution in [1.82, 2.24) is 5.32 Å². The van der Waals surface area contributed by atoms with Crippen molar-refractivity contribution in [2.45, 2.75) is 83.6 Å². The van der Waals surface area contributed by atoms with Crippen LogP contribution >= 0.6 is 0 Å². The summed E-state index contributed by atoms with van der Waals surface area (Å²) in [6.45, 7) is 7.35. The van der Waals surface area contributed by atoms with Crippen LogP contribution in [0.3, 0.4) is 0 Å². The van der Waals surface area contributed by atoms with Gasteiger partial charge in [0.15, 0.2) is 0 Å². The summed E-state index contributed by atoms with van der Waals surface area (Å²) in [6.07, 6.45) is 17.8. The van der Waals surface area contributed by atoms with E-state index >= 15 is 0 Å². The number of hydrogen-bond donors (Lipinski definition) is 1. The summed E-state index contributed by atoms with van der Waals surface area (Å²) >= 11 is 0. The Kier molecular flexibility index (Phi) is 7.13. The van der Waals surface area contributed by atoms with E-state index in [0.717, 1.165) is 23.8 Å². The zero-order chi connectivity index (χ0) is 14.2. The van der Waals surface area contributed by atoms with Gasteiger partial charge in [-0.2, -0.15) is 0 Å². The molecule has 0 aromatic heterocycles. The Morgan fingerprint density at radius 2 is 1.95 bits per heavy atom. The van der Waals surface area contributed by atoms with Gasteiger partial charge in [0.05, 0.1) is 0 Å². The van der Waals surface area contributed by atoms with Crippen molar-refractivity contribution >= 4 is 0 Å². The normalized spacial score (nSPS) is 31.6. The van der Waals surface area contributed by atoms with Gasteiger partial charge in [-0.15, -0.1) is 6.58 Å². The summed E-state index contributed by atoms with van der Waals surface area (Å²) in [7, 11) is 0. The Bertz CT molecular complexity index is 273. The van der Waals surface area contributed by atoms with E-state index in [2.05, 4.69) is 24.9 Å². The molecular weight excluding hydrogens is 242 g/mol. The molecular formula is C19H35N. The molecule has 0 radical (unpaired) electrons. The lowest BCUT2D eigenvalue weighted by Gasteiger charge is -2.42. The van der Waals surface area contributed by atoms with Crippen molar-refractivity contribution in [2.24, 2.45) is 17.8 Å². The molecule has 1 nitrogen and oxygen atoms in total. The minimum Gasteiger partial charge on any atom is -0.314 e. The van der Waals surface area contributed by atoms with Crippen LogP contribution in [0.1, 0.15) is 77.6 Å². The van der Waals surface area contributed by atoms with E-state index in [1.54, 1.807) is 0 Å². The SMILES string of the molecule is C=CCCCC(NCCC)C1CCC2CCCCC2C1. The molecule has 1 heteroatoms. The van der Waals surface area contributed by atoms with E-state index in [1.807, 2.05) is 0 Å². The van der Waals surface area contributed by atoms with Crippen molar-refractivity contribution < 1.29 is 0 Å². The lowest BCUT2D eigenvalue weighted by molar-refractivity contribution is 0.107. The third-order valence-electron chi connectivity index (χ3n) is 5.73. The molecule has 0 heterocycles. The van der Waals surface area contributed by atoms with Gasteiger partial charge < -0.3 is 5.32 Å². The summed E-state index contributed by atoms with van der Waals surface area (Å²) in [5.41, 5.74) is 0. The third-order valence-corrected chi connectivity index (χ3v) is 5.73. The molecule has 0 aliphatic heterocycles. The Morgan fingerprint density at radius 1 is 1.15 bits per heavy atom. The number of hydrogen-bond acceptors (Lipinski definition) is 1. The molecule has 2 fully saturated rings. The fraction of sp³-hybridized carbons (Fsp3) is 0.895. The summed E-state index contributed by atoms with van der Waals surface area (Å²) < 4.78 is 0. The van der Waals surface area contributed by atoms with Crippen LogP contribution in [0.15, 0.2) is 12.7 Å². The Hall–Kier alpha value is -0.300. The molecule has 2 aliphatic carbocycles. The van der Waals surface area contributed by atoms with Crippen LogP contribution in [0.4, 0.5) is 0 Å². The lowest BCUT2D eigenvalue weighted by atomic mass is 9.65. The fourth-order valence-electron chi connectivity index (χ4n) is 4.59. The van der Waals surface area contributed by atoms with E-state index in [0.29, 0.717) is 0 Å². The molecule has 2 rings (SSSR count). The van der Waals surface area contributed by atoms with Crippen LogP contribution in [0.2, 0.25) is 0 Å². The second-order valence-electron chi connectivity index (χ2n) is 7.16. The van der Waals surface area contributed by atoms with E-state index < -0.39 is 0 Å². The molecule has 116 valence electrons. The summed E-state index contributed by atoms with van der Waals surface area (Å²) in [6, 6.07) is 0.776. The second-order valence-corrected chi connectivity index (χ2v) is 7.16. The van der Waals surface area contributed by atoms with E-state index in [-0.39, 0.29) is 0 Å². The molecule has 0 bridgehead atoms. The van der Waals surface area contributed by atoms with Crippen LogP contribution in [-0.2, 0) is 0 Å². The van der Waals surface area contributed by atoms with Gasteiger partial charge in [0.2, 0.25) is 0 Å². The molecule has 2 saturated carbocycles. The second kappa shape index (κ2) is 8.87. The molecule has 4 atom stereocenters. The Labute approximate surface area is 126 Å². The summed E-state index contributed by atoms with van der Waals surface area (Å²) in [5.74, 6) is 3.10. The van der Waals surface area contributed by atoms with Crippen molar-refractivity contribution in [2.75, 3.05) is 6.54 Å². The zero-order valence-electron chi connectivity index (χ0n) is 13.6. The predicted octanol–water partition coefficient (Wildman–Crippen LogP) is 5.32. The maximum Gasteiger partial charge on any atom is 0.00955 e. The van der Waals surface area contributed by atoms with Gasteiger partial charge in [0, 0.05) is 6.04 Å². The molecule has 0 amide bonds. The molecule has 0 aromatic carbocycles. The molecule has 1 N–H and O–H groups in total. The molecule has 0 spiro atoms. The average molecular weight is 277 g/mol. The van der Waals surface area contributed by atoms with Crippen molar-refractivity contribution in [3.05, 3.63) is 12.7 Å². The highest BCUT2D eigenvalue weighted by atomic mass is 14.9. The van der Waals surface area contributed by atoms with Gasteiger partial charge in [-0.1, -0.05) is 38.7 Å². The van der Waals surface area contributed by atoms with E-state index in [9.17, 15) is 0 Å². The minimum atomic E-state index is 0.776. The number of allylic oxidation sites excluding steroid dienone is 1. The highest BCUT2D eigenvalue weighted by Gasteiger charge is 2.34. The fourth-order valence-corrected chi connectivity index (χ4v) is 4.59. The van der Waals surface area contributed by atoms with Gasteiger partial charge in [-0.05, 0) is 69.2 Å². The topological polar surface area (TPSA) is 12.0 Å². The minimum absolute atomic E-state index is 0.776. The number of fused-ring (bicyclic) bond motifs is 1. The molecule has 20 heavy (non-hydrogen) atoms. The predicted molar refractivity (Wildman–Crippen MR) is 88.9 cm³/mol. The third kappa shape index (κ3) is 4.62. The maximum absolute atomic E-state index is 3.87. The number of rotatable bonds is 8. The van der Waals surface area contributed by atoms with Crippen molar-refractivity contribution in [3.63, 3.8) is 0 Å². The summed E-state index contributed by atoms with van der Waals surface area (Å²) in [4.78, 5) is 0. The standard InChI is InChI=1S/C19H35N/c1-3-5-6-11-19(20-14-4-2)18-13-12-16-9-7-8-10-17(16)15-18/h3,16-20H,1,4-15H2,2H3. The average Bonchev–Trinajstić information content (AvgIpc) is 2.50. The zero-order valence-corrected chi connectivity index (χ0v) is 13.6. The van der Waals surface area contributed by atoms with Crippen LogP contribution in [0.25, 0.3) is 0 Å². The van der Waals surface area contributed by atoms with Gasteiger partial charge >= 0.3 is 0 Å². The first-order chi connectivity index (χ1) is 9.85. The summed E-state index contributed by atoms with van der Waals surface area (Å²) in [5, 5.41) is 3.86. The Morgan fingerprint density at radius 3 is 2.70 bits per heavy atom. The monoisotopic (exact) mass is 277 g/mol. The molecule has 2 aliphatic rings. The highest BCUT2D eigenvalue weighted by molar-refractivity contribution is 4.88. The van der Waals surface area contributed by atoms with E-state index in [4.69, 9.17) is 0 Å². The highest BCUT2D eigenvalue weighted by Crippen LogP contribution is 2.44. The van der Waals surface area contributed by atoms with Crippen LogP contribution in [-0.4, -0.2) is 12.6 Å². The number of unbranched alkanes of at least 4 members (excludes halogenated alkanes) is 1. The van der Waals surface area contributed by atoms with Crippen LogP contribution in [0.5, 0.6) is 0 Å². The van der Waals surface area contributed by atoms with Gasteiger partial charge in [0.1, 0.15) is 0 Å². The first kappa shape index (κ1) is 16.1. The van der Waals surface area contributed by atoms with Gasteiger partial charge in [-0.25, -0.2) is 0 Å². The molecule has 4 unspecified atom stereocenters. The Balaban J connectivity index is 1.84.